The number of nitrogens with zero attached hydrogens (tertiary/aromatic N) is 1. The molecule has 0 spiro atoms. The van der Waals surface area contributed by atoms with E-state index in [0.29, 0.717) is 10.8 Å². The number of hydrogen-bond donors (Lipinski definition) is 3. The lowest BCUT2D eigenvalue weighted by Crippen LogP contribution is -2.20. The van der Waals surface area contributed by atoms with E-state index in [1.54, 1.807) is 18.2 Å². The predicted octanol–water partition coefficient (Wildman–Crippen LogP) is 2.09. The maximum Gasteiger partial charge on any atom is 0.353 e. The van der Waals surface area contributed by atoms with E-state index < -0.39 is 11.9 Å². The number of nitrogens with one attached hydrogen (secondary N) is 2. The lowest BCUT2D eigenvalue weighted by molar-refractivity contribution is -0.118. The van der Waals surface area contributed by atoms with Crippen LogP contribution in [0.25, 0.3) is 0 Å². The van der Waals surface area contributed by atoms with Crippen LogP contribution in [0, 0.1) is 6.92 Å². The van der Waals surface area contributed by atoms with Crippen LogP contribution in [0.4, 0.5) is 5.82 Å². The summed E-state index contributed by atoms with van der Waals surface area (Å²) in [6.07, 6.45) is 0. The fourth-order valence-electron chi connectivity index (χ4n) is 1.59. The van der Waals surface area contributed by atoms with Gasteiger partial charge in [-0.05, 0) is 30.7 Å². The Hall–Kier alpha value is -2.54. The molecule has 0 radical (unpaired) electrons. The van der Waals surface area contributed by atoms with E-state index in [1.165, 1.54) is 6.07 Å². The molecule has 2 rings (SSSR count). The van der Waals surface area contributed by atoms with E-state index in [4.69, 9.17) is 21.4 Å². The van der Waals surface area contributed by atoms with Crippen molar-refractivity contribution in [1.29, 1.82) is 0 Å². The van der Waals surface area contributed by atoms with Crippen molar-refractivity contribution in [1.82, 2.24) is 10.2 Å². The molecule has 0 aliphatic rings. The van der Waals surface area contributed by atoms with Gasteiger partial charge in [-0.25, -0.2) is 4.79 Å². The average Bonchev–Trinajstić information content (AvgIpc) is 2.86. The Morgan fingerprint density at radius 2 is 2.19 bits per heavy atom. The Morgan fingerprint density at radius 1 is 1.43 bits per heavy atom. The summed E-state index contributed by atoms with van der Waals surface area (Å²) < 4.78 is 5.36. The first-order valence-electron chi connectivity index (χ1n) is 5.93. The van der Waals surface area contributed by atoms with Crippen LogP contribution in [0.2, 0.25) is 5.02 Å². The summed E-state index contributed by atoms with van der Waals surface area (Å²) in [5.74, 6) is -0.944. The molecule has 1 aromatic carbocycles. The SMILES string of the molecule is Cc1cc(Cl)ccc1OCC(=O)Nc1cc(C(=O)O)[nH]n1. The van der Waals surface area contributed by atoms with Crippen LogP contribution < -0.4 is 10.1 Å². The highest BCUT2D eigenvalue weighted by Crippen LogP contribution is 2.21. The number of carboxylic acids is 1. The van der Waals surface area contributed by atoms with Gasteiger partial charge in [0, 0.05) is 11.1 Å². The standard InChI is InChI=1S/C13H12ClN3O4/c1-7-4-8(14)2-3-10(7)21-6-12(18)15-11-5-9(13(19)20)16-17-11/h2-5H,6H2,1H3,(H,19,20)(H2,15,16,17,18). The van der Waals surface area contributed by atoms with Crippen molar-refractivity contribution >= 4 is 29.3 Å². The second-order valence-corrected chi connectivity index (χ2v) is 4.66. The Labute approximate surface area is 124 Å². The van der Waals surface area contributed by atoms with Crippen LogP contribution in [-0.2, 0) is 4.79 Å². The second-order valence-electron chi connectivity index (χ2n) is 4.22. The smallest absolute Gasteiger partial charge is 0.353 e. The van der Waals surface area contributed by atoms with Crippen molar-refractivity contribution in [3.05, 3.63) is 40.5 Å². The Kier molecular flexibility index (Phi) is 4.44. The van der Waals surface area contributed by atoms with Gasteiger partial charge in [-0.1, -0.05) is 11.6 Å². The van der Waals surface area contributed by atoms with Crippen LogP contribution >= 0.6 is 11.6 Å². The first-order chi connectivity index (χ1) is 9.95. The van der Waals surface area contributed by atoms with Crippen molar-refractivity contribution in [3.8, 4) is 5.75 Å². The average molecular weight is 310 g/mol. The van der Waals surface area contributed by atoms with Gasteiger partial charge in [0.25, 0.3) is 5.91 Å². The maximum absolute atomic E-state index is 11.7. The zero-order valence-corrected chi connectivity index (χ0v) is 11.8. The first kappa shape index (κ1) is 14.9. The number of halogens is 1. The number of benzene rings is 1. The fraction of sp³-hybridized carbons (Fsp3) is 0.154. The lowest BCUT2D eigenvalue weighted by atomic mass is 10.2. The molecule has 110 valence electrons. The quantitative estimate of drug-likeness (QED) is 0.784. The van der Waals surface area contributed by atoms with Gasteiger partial charge in [0.05, 0.1) is 0 Å². The summed E-state index contributed by atoms with van der Waals surface area (Å²) in [7, 11) is 0. The summed E-state index contributed by atoms with van der Waals surface area (Å²) in [6, 6.07) is 6.27. The minimum atomic E-state index is -1.16. The van der Waals surface area contributed by atoms with Gasteiger partial charge in [0.15, 0.2) is 12.4 Å². The molecule has 21 heavy (non-hydrogen) atoms. The van der Waals surface area contributed by atoms with Gasteiger partial charge in [0.1, 0.15) is 11.4 Å². The van der Waals surface area contributed by atoms with E-state index in [9.17, 15) is 9.59 Å². The summed E-state index contributed by atoms with van der Waals surface area (Å²) in [6.45, 7) is 1.59. The third-order valence-corrected chi connectivity index (χ3v) is 2.81. The highest BCUT2D eigenvalue weighted by molar-refractivity contribution is 6.30. The third-order valence-electron chi connectivity index (χ3n) is 2.57. The molecule has 1 aromatic heterocycles. The van der Waals surface area contributed by atoms with Crippen LogP contribution in [-0.4, -0.2) is 33.8 Å². The van der Waals surface area contributed by atoms with Gasteiger partial charge < -0.3 is 15.2 Å². The number of anilines is 1. The summed E-state index contributed by atoms with van der Waals surface area (Å²) in [4.78, 5) is 22.3. The van der Waals surface area contributed by atoms with E-state index in [2.05, 4.69) is 15.5 Å². The van der Waals surface area contributed by atoms with Crippen molar-refractivity contribution in [3.63, 3.8) is 0 Å². The molecular formula is C13H12ClN3O4. The number of aromatic amines is 1. The van der Waals surface area contributed by atoms with E-state index >= 15 is 0 Å². The van der Waals surface area contributed by atoms with Crippen LogP contribution in [0.5, 0.6) is 5.75 Å². The molecule has 0 fully saturated rings. The number of rotatable bonds is 5. The van der Waals surface area contributed by atoms with Crippen molar-refractivity contribution < 1.29 is 19.4 Å². The second kappa shape index (κ2) is 6.27. The number of carbonyl (C=O) groups is 2. The van der Waals surface area contributed by atoms with Gasteiger partial charge in [-0.3, -0.25) is 9.89 Å². The Balaban J connectivity index is 1.91. The molecule has 0 saturated heterocycles. The molecule has 8 heteroatoms. The highest BCUT2D eigenvalue weighted by atomic mass is 35.5. The Morgan fingerprint density at radius 3 is 2.81 bits per heavy atom. The number of amides is 1. The summed E-state index contributed by atoms with van der Waals surface area (Å²) in [5, 5.41) is 17.7. The lowest BCUT2D eigenvalue weighted by Gasteiger charge is -2.08. The number of ether oxygens (including phenoxy) is 1. The number of hydrogen-bond acceptors (Lipinski definition) is 4. The van der Waals surface area contributed by atoms with Crippen LogP contribution in [0.15, 0.2) is 24.3 Å². The molecule has 1 amide bonds. The predicted molar refractivity (Wildman–Crippen MR) is 75.9 cm³/mol. The monoisotopic (exact) mass is 309 g/mol. The number of aryl methyl sites for hydroxylation is 1. The zero-order chi connectivity index (χ0) is 15.4. The van der Waals surface area contributed by atoms with Crippen molar-refractivity contribution in [2.24, 2.45) is 0 Å². The van der Waals surface area contributed by atoms with Gasteiger partial charge in [-0.15, -0.1) is 0 Å². The summed E-state index contributed by atoms with van der Waals surface area (Å²) in [5.41, 5.74) is 0.697. The van der Waals surface area contributed by atoms with Gasteiger partial charge >= 0.3 is 5.97 Å². The molecule has 0 aliphatic carbocycles. The fourth-order valence-corrected chi connectivity index (χ4v) is 1.82. The van der Waals surface area contributed by atoms with Crippen molar-refractivity contribution in [2.75, 3.05) is 11.9 Å². The molecule has 2 aromatic rings. The maximum atomic E-state index is 11.7. The molecule has 0 bridgehead atoms. The molecule has 0 aliphatic heterocycles. The molecule has 7 nitrogen and oxygen atoms in total. The summed E-state index contributed by atoms with van der Waals surface area (Å²) >= 11 is 5.82. The number of carbonyl (C=O) groups excluding carboxylic acids is 1. The molecular weight excluding hydrogens is 298 g/mol. The van der Waals surface area contributed by atoms with Gasteiger partial charge in [0.2, 0.25) is 0 Å². The van der Waals surface area contributed by atoms with E-state index in [1.807, 2.05) is 6.92 Å². The van der Waals surface area contributed by atoms with Crippen LogP contribution in [0.1, 0.15) is 16.1 Å². The molecule has 1 heterocycles. The molecule has 0 unspecified atom stereocenters. The minimum absolute atomic E-state index is 0.111. The van der Waals surface area contributed by atoms with E-state index in [-0.39, 0.29) is 18.1 Å². The number of aromatic carboxylic acids is 1. The molecule has 0 saturated carbocycles. The van der Waals surface area contributed by atoms with Crippen molar-refractivity contribution in [2.45, 2.75) is 6.92 Å². The van der Waals surface area contributed by atoms with Gasteiger partial charge in [-0.2, -0.15) is 5.10 Å². The minimum Gasteiger partial charge on any atom is -0.483 e. The molecule has 0 atom stereocenters. The third kappa shape index (κ3) is 3.96. The zero-order valence-electron chi connectivity index (χ0n) is 11.0. The molecule has 3 N–H and O–H groups in total. The number of H-pyrrole nitrogens is 1. The number of aromatic nitrogens is 2. The highest BCUT2D eigenvalue weighted by Gasteiger charge is 2.11. The van der Waals surface area contributed by atoms with Crippen LogP contribution in [0.3, 0.4) is 0 Å². The van der Waals surface area contributed by atoms with E-state index in [0.717, 1.165) is 5.56 Å². The normalized spacial score (nSPS) is 10.2. The Bertz CT molecular complexity index is 684. The topological polar surface area (TPSA) is 104 Å². The largest absolute Gasteiger partial charge is 0.483 e. The first-order valence-corrected chi connectivity index (χ1v) is 6.31. The number of carboxylic acid groups (broad SMARTS) is 1.